The molecule has 0 saturated heterocycles. The van der Waals surface area contributed by atoms with Gasteiger partial charge in [0.2, 0.25) is 0 Å². The van der Waals surface area contributed by atoms with Crippen molar-refractivity contribution < 1.29 is 15.1 Å². The molecule has 22 heavy (non-hydrogen) atoms. The van der Waals surface area contributed by atoms with E-state index in [0.717, 1.165) is 24.0 Å². The van der Waals surface area contributed by atoms with Crippen molar-refractivity contribution in [2.24, 2.45) is 10.9 Å². The van der Waals surface area contributed by atoms with Crippen molar-refractivity contribution in [1.29, 1.82) is 0 Å². The number of hydrogen-bond donors (Lipinski definition) is 3. The monoisotopic (exact) mass is 307 g/mol. The first-order chi connectivity index (χ1) is 10.2. The molecule has 0 aliphatic heterocycles. The highest BCUT2D eigenvalue weighted by molar-refractivity contribution is 5.79. The lowest BCUT2D eigenvalue weighted by atomic mass is 10.0. The van der Waals surface area contributed by atoms with Gasteiger partial charge in [0.15, 0.2) is 0 Å². The minimum atomic E-state index is -0.921. The van der Waals surface area contributed by atoms with Gasteiger partial charge in [-0.05, 0) is 44.7 Å². The normalized spacial score (nSPS) is 12.2. The van der Waals surface area contributed by atoms with Crippen LogP contribution in [0, 0.1) is 0 Å². The SMILES string of the molecule is CC(C)(C)N(Cc1ccc(CCCC(N)=NO)cc1)C(=O)O. The Balaban J connectivity index is 2.63. The lowest BCUT2D eigenvalue weighted by molar-refractivity contribution is 0.0955. The molecule has 0 unspecified atom stereocenters. The molecule has 0 atom stereocenters. The summed E-state index contributed by atoms with van der Waals surface area (Å²) in [6.45, 7) is 6.00. The van der Waals surface area contributed by atoms with E-state index in [1.807, 2.05) is 45.0 Å². The number of aryl methyl sites for hydroxylation is 1. The third-order valence-electron chi connectivity index (χ3n) is 3.43. The van der Waals surface area contributed by atoms with E-state index in [9.17, 15) is 9.90 Å². The predicted octanol–water partition coefficient (Wildman–Crippen LogP) is 3.03. The van der Waals surface area contributed by atoms with E-state index in [1.54, 1.807) is 0 Å². The minimum Gasteiger partial charge on any atom is -0.465 e. The number of nitrogens with two attached hydrogens (primary N) is 1. The molecule has 1 aromatic rings. The number of carboxylic acid groups (broad SMARTS) is 1. The lowest BCUT2D eigenvalue weighted by Crippen LogP contribution is -2.44. The summed E-state index contributed by atoms with van der Waals surface area (Å²) < 4.78 is 0. The molecular weight excluding hydrogens is 282 g/mol. The highest BCUT2D eigenvalue weighted by Gasteiger charge is 2.25. The maximum Gasteiger partial charge on any atom is 0.408 e. The number of amidine groups is 1. The minimum absolute atomic E-state index is 0.235. The summed E-state index contributed by atoms with van der Waals surface area (Å²) in [5.74, 6) is 0.235. The fraction of sp³-hybridized carbons (Fsp3) is 0.500. The quantitative estimate of drug-likeness (QED) is 0.325. The largest absolute Gasteiger partial charge is 0.465 e. The van der Waals surface area contributed by atoms with Crippen LogP contribution in [0.5, 0.6) is 0 Å². The Morgan fingerprint density at radius 3 is 2.23 bits per heavy atom. The van der Waals surface area contributed by atoms with Gasteiger partial charge in [-0.15, -0.1) is 0 Å². The average molecular weight is 307 g/mol. The Kier molecular flexibility index (Phi) is 6.22. The molecule has 0 aliphatic rings. The molecule has 0 saturated carbocycles. The van der Waals surface area contributed by atoms with Crippen LogP contribution in [0.1, 0.15) is 44.7 Å². The number of amides is 1. The van der Waals surface area contributed by atoms with Gasteiger partial charge in [-0.25, -0.2) is 4.79 Å². The number of hydrogen-bond acceptors (Lipinski definition) is 3. The van der Waals surface area contributed by atoms with Crippen LogP contribution in [-0.4, -0.2) is 32.7 Å². The highest BCUT2D eigenvalue weighted by Crippen LogP contribution is 2.18. The van der Waals surface area contributed by atoms with Crippen molar-refractivity contribution in [1.82, 2.24) is 4.90 Å². The molecule has 0 heterocycles. The highest BCUT2D eigenvalue weighted by atomic mass is 16.4. The van der Waals surface area contributed by atoms with Gasteiger partial charge in [0, 0.05) is 18.5 Å². The fourth-order valence-corrected chi connectivity index (χ4v) is 2.11. The molecule has 1 aromatic carbocycles. The zero-order valence-electron chi connectivity index (χ0n) is 13.4. The van der Waals surface area contributed by atoms with Crippen molar-refractivity contribution in [2.45, 2.75) is 52.1 Å². The molecule has 0 fully saturated rings. The van der Waals surface area contributed by atoms with Gasteiger partial charge in [-0.1, -0.05) is 29.4 Å². The molecule has 6 nitrogen and oxygen atoms in total. The number of benzene rings is 1. The molecule has 0 spiro atoms. The molecular formula is C16H25N3O3. The van der Waals surface area contributed by atoms with Crippen LogP contribution in [0.2, 0.25) is 0 Å². The molecule has 1 rings (SSSR count). The lowest BCUT2D eigenvalue weighted by Gasteiger charge is -2.33. The summed E-state index contributed by atoms with van der Waals surface area (Å²) in [5.41, 5.74) is 7.09. The number of nitrogens with zero attached hydrogens (tertiary/aromatic N) is 2. The number of oxime groups is 1. The summed E-state index contributed by atoms with van der Waals surface area (Å²) in [6, 6.07) is 7.87. The summed E-state index contributed by atoms with van der Waals surface area (Å²) in [5, 5.41) is 20.7. The van der Waals surface area contributed by atoms with Gasteiger partial charge in [0.1, 0.15) is 5.84 Å². The van der Waals surface area contributed by atoms with Gasteiger partial charge in [-0.2, -0.15) is 0 Å². The van der Waals surface area contributed by atoms with E-state index in [0.29, 0.717) is 13.0 Å². The van der Waals surface area contributed by atoms with Gasteiger partial charge >= 0.3 is 6.09 Å². The Hall–Kier alpha value is -2.24. The second-order valence-electron chi connectivity index (χ2n) is 6.30. The van der Waals surface area contributed by atoms with Crippen LogP contribution >= 0.6 is 0 Å². The van der Waals surface area contributed by atoms with Crippen molar-refractivity contribution in [3.05, 3.63) is 35.4 Å². The van der Waals surface area contributed by atoms with E-state index in [1.165, 1.54) is 4.90 Å². The van der Waals surface area contributed by atoms with Crippen molar-refractivity contribution in [3.63, 3.8) is 0 Å². The summed E-state index contributed by atoms with van der Waals surface area (Å²) >= 11 is 0. The zero-order chi connectivity index (χ0) is 16.8. The first kappa shape index (κ1) is 17.8. The summed E-state index contributed by atoms with van der Waals surface area (Å²) in [7, 11) is 0. The van der Waals surface area contributed by atoms with Crippen molar-refractivity contribution in [2.75, 3.05) is 0 Å². The number of rotatable bonds is 6. The Morgan fingerprint density at radius 1 is 1.23 bits per heavy atom. The van der Waals surface area contributed by atoms with Crippen molar-refractivity contribution in [3.8, 4) is 0 Å². The molecule has 0 aromatic heterocycles. The van der Waals surface area contributed by atoms with Crippen LogP contribution in [-0.2, 0) is 13.0 Å². The van der Waals surface area contributed by atoms with Crippen LogP contribution in [0.4, 0.5) is 4.79 Å². The van der Waals surface area contributed by atoms with E-state index in [2.05, 4.69) is 5.16 Å². The molecule has 6 heteroatoms. The molecule has 0 bridgehead atoms. The zero-order valence-corrected chi connectivity index (χ0v) is 13.4. The van der Waals surface area contributed by atoms with Gasteiger partial charge in [0.25, 0.3) is 0 Å². The van der Waals surface area contributed by atoms with E-state index in [4.69, 9.17) is 10.9 Å². The molecule has 122 valence electrons. The third kappa shape index (κ3) is 5.63. The van der Waals surface area contributed by atoms with Gasteiger partial charge in [0.05, 0.1) is 0 Å². The van der Waals surface area contributed by atoms with Crippen LogP contribution in [0.15, 0.2) is 29.4 Å². The topological polar surface area (TPSA) is 99.1 Å². The van der Waals surface area contributed by atoms with E-state index >= 15 is 0 Å². The summed E-state index contributed by atoms with van der Waals surface area (Å²) in [6.07, 6.45) is 1.27. The van der Waals surface area contributed by atoms with E-state index < -0.39 is 11.6 Å². The molecule has 1 amide bonds. The maximum atomic E-state index is 11.3. The molecule has 4 N–H and O–H groups in total. The standard InChI is InChI=1S/C16H25N3O3/c1-16(2,3)19(15(20)21)11-13-9-7-12(8-10-13)5-4-6-14(17)18-22/h7-10,22H,4-6,11H2,1-3H3,(H2,17,18)(H,20,21). The van der Waals surface area contributed by atoms with Gasteiger partial charge < -0.3 is 16.0 Å². The fourth-order valence-electron chi connectivity index (χ4n) is 2.11. The van der Waals surface area contributed by atoms with Crippen LogP contribution in [0.25, 0.3) is 0 Å². The smallest absolute Gasteiger partial charge is 0.408 e. The van der Waals surface area contributed by atoms with E-state index in [-0.39, 0.29) is 5.84 Å². The molecule has 0 aliphatic carbocycles. The third-order valence-corrected chi connectivity index (χ3v) is 3.43. The predicted molar refractivity (Wildman–Crippen MR) is 86.1 cm³/mol. The maximum absolute atomic E-state index is 11.3. The Labute approximate surface area is 131 Å². The van der Waals surface area contributed by atoms with Crippen LogP contribution in [0.3, 0.4) is 0 Å². The average Bonchev–Trinajstić information content (AvgIpc) is 2.44. The second kappa shape index (κ2) is 7.68. The second-order valence-corrected chi connectivity index (χ2v) is 6.30. The first-order valence-electron chi connectivity index (χ1n) is 7.29. The Bertz CT molecular complexity index is 518. The number of carbonyl (C=O) groups is 1. The Morgan fingerprint density at radius 2 is 1.77 bits per heavy atom. The van der Waals surface area contributed by atoms with Crippen LogP contribution < -0.4 is 5.73 Å². The first-order valence-corrected chi connectivity index (χ1v) is 7.29. The summed E-state index contributed by atoms with van der Waals surface area (Å²) in [4.78, 5) is 12.8. The van der Waals surface area contributed by atoms with Gasteiger partial charge in [-0.3, -0.25) is 4.90 Å². The molecule has 0 radical (unpaired) electrons. The van der Waals surface area contributed by atoms with Crippen molar-refractivity contribution >= 4 is 11.9 Å².